The van der Waals surface area contributed by atoms with Crippen LogP contribution >= 0.6 is 0 Å². The Hall–Kier alpha value is -2.09. The lowest BCUT2D eigenvalue weighted by atomic mass is 10.0. The van der Waals surface area contributed by atoms with Crippen molar-refractivity contribution >= 4 is 27.4 Å². The van der Waals surface area contributed by atoms with Gasteiger partial charge in [-0.25, -0.2) is 8.42 Å². The van der Waals surface area contributed by atoms with Crippen molar-refractivity contribution in [1.82, 2.24) is 0 Å². The number of hydrogen-bond donors (Lipinski definition) is 1. The van der Waals surface area contributed by atoms with Crippen LogP contribution in [0, 0.1) is 5.92 Å². The fourth-order valence-electron chi connectivity index (χ4n) is 2.22. The highest BCUT2D eigenvalue weighted by molar-refractivity contribution is 7.92. The average molecular weight is 327 g/mol. The molecule has 1 unspecified atom stereocenters. The summed E-state index contributed by atoms with van der Waals surface area (Å²) in [5.74, 6) is -2.33. The number of nitrogens with zero attached hydrogens (tertiary/aromatic N) is 1. The van der Waals surface area contributed by atoms with Gasteiger partial charge in [-0.2, -0.15) is 0 Å². The monoisotopic (exact) mass is 327 g/mol. The van der Waals surface area contributed by atoms with Crippen LogP contribution in [-0.4, -0.2) is 44.3 Å². The van der Waals surface area contributed by atoms with Gasteiger partial charge in [0.2, 0.25) is 0 Å². The van der Waals surface area contributed by atoms with E-state index in [0.29, 0.717) is 11.4 Å². The predicted molar refractivity (Wildman–Crippen MR) is 78.8 cm³/mol. The molecule has 0 saturated carbocycles. The van der Waals surface area contributed by atoms with Crippen LogP contribution in [0.1, 0.15) is 13.8 Å². The Balaban J connectivity index is 2.45. The molecule has 8 heteroatoms. The summed E-state index contributed by atoms with van der Waals surface area (Å²) in [6.45, 7) is 3.71. The molecule has 0 aromatic heterocycles. The molecule has 2 rings (SSSR count). The number of likely N-dealkylation sites (N-methyl/N-ethyl adjacent to an activating group) is 1. The Morgan fingerprint density at radius 3 is 2.59 bits per heavy atom. The Kier molecular flexibility index (Phi) is 4.15. The van der Waals surface area contributed by atoms with Crippen molar-refractivity contribution in [2.45, 2.75) is 24.8 Å². The molecule has 1 aliphatic heterocycles. The number of fused-ring (bicyclic) bond motifs is 1. The molecule has 0 radical (unpaired) electrons. The van der Waals surface area contributed by atoms with E-state index in [2.05, 4.69) is 0 Å². The van der Waals surface area contributed by atoms with Crippen LogP contribution < -0.4 is 9.64 Å². The van der Waals surface area contributed by atoms with E-state index in [-0.39, 0.29) is 16.7 Å². The second-order valence-corrected chi connectivity index (χ2v) is 7.45. The molecule has 1 aliphatic rings. The highest BCUT2D eigenvalue weighted by Crippen LogP contribution is 2.36. The molecule has 0 aliphatic carbocycles. The van der Waals surface area contributed by atoms with Crippen LogP contribution in [0.15, 0.2) is 23.1 Å². The van der Waals surface area contributed by atoms with Crippen LogP contribution in [0.2, 0.25) is 0 Å². The third kappa shape index (κ3) is 2.92. The molecule has 22 heavy (non-hydrogen) atoms. The second kappa shape index (κ2) is 5.60. The lowest BCUT2D eigenvalue weighted by molar-refractivity contribution is -0.134. The third-order valence-corrected chi connectivity index (χ3v) is 5.00. The summed E-state index contributed by atoms with van der Waals surface area (Å²) < 4.78 is 29.6. The van der Waals surface area contributed by atoms with E-state index in [1.54, 1.807) is 0 Å². The van der Waals surface area contributed by atoms with E-state index in [9.17, 15) is 18.0 Å². The van der Waals surface area contributed by atoms with Crippen molar-refractivity contribution in [3.63, 3.8) is 0 Å². The fourth-order valence-corrected chi connectivity index (χ4v) is 3.27. The first kappa shape index (κ1) is 16.3. The van der Waals surface area contributed by atoms with Gasteiger partial charge in [0.15, 0.2) is 21.7 Å². The molecule has 1 N–H and O–H groups in total. The summed E-state index contributed by atoms with van der Waals surface area (Å²) in [4.78, 5) is 24.1. The molecule has 0 bridgehead atoms. The minimum atomic E-state index is -3.96. The number of anilines is 1. The highest BCUT2D eigenvalue weighted by Gasteiger charge is 2.35. The number of rotatable bonds is 4. The summed E-state index contributed by atoms with van der Waals surface area (Å²) in [6.07, 6.45) is -0.626. The Morgan fingerprint density at radius 2 is 2.05 bits per heavy atom. The molecule has 1 aromatic carbocycles. The van der Waals surface area contributed by atoms with Crippen LogP contribution in [0.5, 0.6) is 5.75 Å². The normalized spacial score (nSPS) is 18.1. The summed E-state index contributed by atoms with van der Waals surface area (Å²) in [6, 6.07) is 4.00. The summed E-state index contributed by atoms with van der Waals surface area (Å²) in [5, 5.41) is 8.67. The lowest BCUT2D eigenvalue weighted by Crippen LogP contribution is -2.46. The summed E-state index contributed by atoms with van der Waals surface area (Å²) in [5.41, 5.74) is 0.313. The van der Waals surface area contributed by atoms with Crippen molar-refractivity contribution in [2.75, 3.05) is 17.7 Å². The minimum Gasteiger partial charge on any atom is -0.480 e. The standard InChI is InChI=1S/C14H17NO6S/c1-8(2)13-14(18)15(3)10-6-9(4-5-11(10)21-13)22(19,20)7-12(16)17/h4-6,8,13H,7H2,1-3H3,(H,16,17). The second-order valence-electron chi connectivity index (χ2n) is 5.46. The van der Waals surface area contributed by atoms with E-state index in [4.69, 9.17) is 9.84 Å². The number of carbonyl (C=O) groups is 2. The zero-order valence-electron chi connectivity index (χ0n) is 12.4. The number of carboxylic acids is 1. The van der Waals surface area contributed by atoms with Gasteiger partial charge in [0.05, 0.1) is 10.6 Å². The zero-order chi connectivity index (χ0) is 16.7. The summed E-state index contributed by atoms with van der Waals surface area (Å²) >= 11 is 0. The van der Waals surface area contributed by atoms with Gasteiger partial charge in [0, 0.05) is 7.05 Å². The number of ether oxygens (including phenoxy) is 1. The third-order valence-electron chi connectivity index (χ3n) is 3.40. The predicted octanol–water partition coefficient (Wildman–Crippen LogP) is 0.925. The molecule has 120 valence electrons. The van der Waals surface area contributed by atoms with E-state index in [1.807, 2.05) is 13.8 Å². The van der Waals surface area contributed by atoms with E-state index in [0.717, 1.165) is 0 Å². The molecule has 1 heterocycles. The maximum Gasteiger partial charge on any atom is 0.319 e. The highest BCUT2D eigenvalue weighted by atomic mass is 32.2. The van der Waals surface area contributed by atoms with Gasteiger partial charge in [-0.3, -0.25) is 9.59 Å². The number of hydrogen-bond acceptors (Lipinski definition) is 5. The van der Waals surface area contributed by atoms with Crippen molar-refractivity contribution in [1.29, 1.82) is 0 Å². The Bertz CT molecular complexity index is 725. The Labute approximate surface area is 128 Å². The van der Waals surface area contributed by atoms with Gasteiger partial charge < -0.3 is 14.7 Å². The smallest absolute Gasteiger partial charge is 0.319 e. The lowest BCUT2D eigenvalue weighted by Gasteiger charge is -2.34. The quantitative estimate of drug-likeness (QED) is 0.882. The van der Waals surface area contributed by atoms with Crippen LogP contribution in [-0.2, 0) is 19.4 Å². The van der Waals surface area contributed by atoms with Gasteiger partial charge in [0.25, 0.3) is 5.91 Å². The number of benzene rings is 1. The maximum atomic E-state index is 12.2. The van der Waals surface area contributed by atoms with Gasteiger partial charge >= 0.3 is 5.97 Å². The number of carbonyl (C=O) groups excluding carboxylic acids is 1. The molecule has 0 fully saturated rings. The number of sulfone groups is 1. The van der Waals surface area contributed by atoms with Gasteiger partial charge in [-0.15, -0.1) is 0 Å². The topological polar surface area (TPSA) is 101 Å². The van der Waals surface area contributed by atoms with Gasteiger partial charge in [-0.1, -0.05) is 13.8 Å². The average Bonchev–Trinajstić information content (AvgIpc) is 2.40. The molecule has 1 aromatic rings. The molecule has 0 saturated heterocycles. The first-order valence-corrected chi connectivity index (χ1v) is 8.31. The van der Waals surface area contributed by atoms with Gasteiger partial charge in [-0.05, 0) is 24.1 Å². The number of aliphatic carboxylic acids is 1. The van der Waals surface area contributed by atoms with Crippen LogP contribution in [0.25, 0.3) is 0 Å². The maximum absolute atomic E-state index is 12.2. The van der Waals surface area contributed by atoms with Crippen LogP contribution in [0.3, 0.4) is 0 Å². The largest absolute Gasteiger partial charge is 0.480 e. The molecule has 1 atom stereocenters. The van der Waals surface area contributed by atoms with E-state index in [1.165, 1.54) is 30.1 Å². The van der Waals surface area contributed by atoms with E-state index < -0.39 is 27.7 Å². The van der Waals surface area contributed by atoms with Crippen molar-refractivity contribution < 1.29 is 27.9 Å². The SMILES string of the molecule is CC(C)C1Oc2ccc(S(=O)(=O)CC(=O)O)cc2N(C)C1=O. The zero-order valence-corrected chi connectivity index (χ0v) is 13.3. The number of carboxylic acid groups (broad SMARTS) is 1. The Morgan fingerprint density at radius 1 is 1.41 bits per heavy atom. The molecule has 0 spiro atoms. The molecular weight excluding hydrogens is 310 g/mol. The van der Waals surface area contributed by atoms with Crippen molar-refractivity contribution in [2.24, 2.45) is 5.92 Å². The molecule has 7 nitrogen and oxygen atoms in total. The fraction of sp³-hybridized carbons (Fsp3) is 0.429. The molecular formula is C14H17NO6S. The number of amides is 1. The van der Waals surface area contributed by atoms with Gasteiger partial charge in [0.1, 0.15) is 5.75 Å². The first-order chi connectivity index (χ1) is 10.1. The first-order valence-electron chi connectivity index (χ1n) is 6.66. The molecule has 1 amide bonds. The van der Waals surface area contributed by atoms with Crippen molar-refractivity contribution in [3.05, 3.63) is 18.2 Å². The van der Waals surface area contributed by atoms with E-state index >= 15 is 0 Å². The minimum absolute atomic E-state index is 0.0291. The summed E-state index contributed by atoms with van der Waals surface area (Å²) in [7, 11) is -2.42. The van der Waals surface area contributed by atoms with Crippen LogP contribution in [0.4, 0.5) is 5.69 Å². The van der Waals surface area contributed by atoms with Crippen molar-refractivity contribution in [3.8, 4) is 5.75 Å².